The number of carbonyl (C=O) groups is 2. The summed E-state index contributed by atoms with van der Waals surface area (Å²) in [7, 11) is 2.95. The molecule has 1 aromatic heterocycles. The molecule has 0 fully saturated rings. The summed E-state index contributed by atoms with van der Waals surface area (Å²) in [6.07, 6.45) is 3.12. The third-order valence-corrected chi connectivity index (χ3v) is 7.48. The van der Waals surface area contributed by atoms with Crippen LogP contribution in [0.15, 0.2) is 79.5 Å². The number of ketones is 1. The first-order valence-electron chi connectivity index (χ1n) is 12.9. The van der Waals surface area contributed by atoms with Crippen molar-refractivity contribution in [3.05, 3.63) is 106 Å². The zero-order valence-electron chi connectivity index (χ0n) is 22.9. The van der Waals surface area contributed by atoms with Crippen molar-refractivity contribution in [1.82, 2.24) is 9.97 Å². The number of ether oxygens (including phenoxy) is 2. The molecule has 0 bridgehead atoms. The lowest BCUT2D eigenvalue weighted by Gasteiger charge is -2.37. The molecule has 0 aliphatic carbocycles. The van der Waals surface area contributed by atoms with E-state index in [0.29, 0.717) is 28.6 Å². The predicted molar refractivity (Wildman–Crippen MR) is 164 cm³/mol. The summed E-state index contributed by atoms with van der Waals surface area (Å²) in [4.78, 5) is 38.5. The lowest BCUT2D eigenvalue weighted by molar-refractivity contribution is -0.114. The van der Waals surface area contributed by atoms with E-state index in [0.717, 1.165) is 11.1 Å². The van der Waals surface area contributed by atoms with Crippen molar-refractivity contribution in [2.45, 2.75) is 19.5 Å². The van der Waals surface area contributed by atoms with Crippen LogP contribution in [0.1, 0.15) is 16.7 Å². The van der Waals surface area contributed by atoms with E-state index in [1.54, 1.807) is 17.2 Å². The monoisotopic (exact) mass is 603 g/mol. The van der Waals surface area contributed by atoms with Gasteiger partial charge >= 0.3 is 6.03 Å². The molecule has 214 valence electrons. The molecule has 1 aliphatic heterocycles. The first-order valence-corrected chi connectivity index (χ1v) is 13.7. The first kappa shape index (κ1) is 28.9. The van der Waals surface area contributed by atoms with Crippen molar-refractivity contribution >= 4 is 58.2 Å². The van der Waals surface area contributed by atoms with Crippen LogP contribution in [0.4, 0.5) is 27.9 Å². The molecule has 0 atom stereocenters. The lowest BCUT2D eigenvalue weighted by Crippen LogP contribution is -2.47. The van der Waals surface area contributed by atoms with E-state index in [1.165, 1.54) is 25.2 Å². The van der Waals surface area contributed by atoms with Crippen LogP contribution in [-0.2, 0) is 24.3 Å². The Morgan fingerprint density at radius 3 is 2.38 bits per heavy atom. The molecule has 1 N–H and O–H groups in total. The number of methoxy groups -OCH3 is 2. The summed E-state index contributed by atoms with van der Waals surface area (Å²) in [5.74, 6) is 1.21. The standard InChI is InChI=1S/C31H27Cl2N5O4/c1-4-22(39)14-20-12-8-9-13-23(20)35-30-34-16-21-18-37(28-26(32)24(41-2)15-25(42-3)27(28)33)31(40)38(29(21)36-30)17-19-10-6-5-7-11-19/h4-13,15-16H,1,14,17-18H2,2-3H3,(H,34,35,36). The van der Waals surface area contributed by atoms with E-state index in [-0.39, 0.29) is 47.0 Å². The SMILES string of the molecule is C=CC(=O)Cc1ccccc1Nc1ncc2c(n1)N(Cc1ccccc1)C(=O)N(c1c(Cl)c(OC)cc(OC)c1Cl)C2. The summed E-state index contributed by atoms with van der Waals surface area (Å²) in [5, 5.41) is 3.55. The van der Waals surface area contributed by atoms with Crippen molar-refractivity contribution in [3.8, 4) is 11.5 Å². The average molecular weight is 604 g/mol. The second-order valence-corrected chi connectivity index (χ2v) is 10.1. The number of allylic oxidation sites excluding steroid dienone is 1. The van der Waals surface area contributed by atoms with Gasteiger partial charge in [0.05, 0.1) is 33.0 Å². The molecule has 0 radical (unpaired) electrons. The molecule has 0 saturated carbocycles. The van der Waals surface area contributed by atoms with Crippen molar-refractivity contribution < 1.29 is 19.1 Å². The van der Waals surface area contributed by atoms with E-state index in [2.05, 4.69) is 16.9 Å². The molecule has 2 heterocycles. The Balaban J connectivity index is 1.58. The number of rotatable bonds is 10. The van der Waals surface area contributed by atoms with Gasteiger partial charge < -0.3 is 14.8 Å². The maximum absolute atomic E-state index is 14.2. The Hall–Kier alpha value is -4.60. The van der Waals surface area contributed by atoms with Gasteiger partial charge in [-0.15, -0.1) is 0 Å². The van der Waals surface area contributed by atoms with E-state index >= 15 is 0 Å². The third-order valence-electron chi connectivity index (χ3n) is 6.75. The molecule has 1 aliphatic rings. The van der Waals surface area contributed by atoms with Crippen LogP contribution in [-0.4, -0.2) is 36.0 Å². The summed E-state index contributed by atoms with van der Waals surface area (Å²) >= 11 is 13.4. The number of amides is 2. The molecule has 0 spiro atoms. The highest BCUT2D eigenvalue weighted by atomic mass is 35.5. The van der Waals surface area contributed by atoms with Gasteiger partial charge in [0.2, 0.25) is 5.95 Å². The maximum atomic E-state index is 14.2. The van der Waals surface area contributed by atoms with Crippen LogP contribution >= 0.6 is 23.2 Å². The first-order chi connectivity index (χ1) is 20.3. The van der Waals surface area contributed by atoms with E-state index < -0.39 is 6.03 Å². The molecule has 0 saturated heterocycles. The lowest BCUT2D eigenvalue weighted by atomic mass is 10.1. The number of hydrogen-bond acceptors (Lipinski definition) is 7. The molecular weight excluding hydrogens is 577 g/mol. The van der Waals surface area contributed by atoms with Crippen LogP contribution < -0.4 is 24.6 Å². The highest BCUT2D eigenvalue weighted by Crippen LogP contribution is 2.48. The average Bonchev–Trinajstić information content (AvgIpc) is 3.01. The minimum Gasteiger partial charge on any atom is -0.495 e. The zero-order chi connectivity index (χ0) is 29.8. The number of hydrogen-bond donors (Lipinski definition) is 1. The van der Waals surface area contributed by atoms with Crippen LogP contribution in [0.3, 0.4) is 0 Å². The number of halogens is 2. The molecule has 0 unspecified atom stereocenters. The summed E-state index contributed by atoms with van der Waals surface area (Å²) in [6.45, 7) is 3.88. The Morgan fingerprint density at radius 1 is 1.05 bits per heavy atom. The highest BCUT2D eigenvalue weighted by molar-refractivity contribution is 6.42. The number of nitrogens with zero attached hydrogens (tertiary/aromatic N) is 4. The summed E-state index contributed by atoms with van der Waals surface area (Å²) in [5.41, 5.74) is 3.25. The second-order valence-electron chi connectivity index (χ2n) is 9.37. The van der Waals surface area contributed by atoms with Gasteiger partial charge in [-0.3, -0.25) is 14.6 Å². The third kappa shape index (κ3) is 5.74. The second kappa shape index (κ2) is 12.5. The van der Waals surface area contributed by atoms with Gasteiger partial charge in [0.25, 0.3) is 0 Å². The molecule has 11 heteroatoms. The number of nitrogens with one attached hydrogen (secondary N) is 1. The molecule has 42 heavy (non-hydrogen) atoms. The van der Waals surface area contributed by atoms with E-state index in [1.807, 2.05) is 54.6 Å². The predicted octanol–water partition coefficient (Wildman–Crippen LogP) is 6.99. The van der Waals surface area contributed by atoms with Gasteiger partial charge in [0.1, 0.15) is 27.4 Å². The van der Waals surface area contributed by atoms with Crippen LogP contribution in [0.2, 0.25) is 10.0 Å². The van der Waals surface area contributed by atoms with Gasteiger partial charge in [-0.2, -0.15) is 4.98 Å². The number of carbonyl (C=O) groups excluding carboxylic acids is 2. The molecule has 4 aromatic rings. The van der Waals surface area contributed by atoms with Gasteiger partial charge in [0, 0.05) is 29.9 Å². The van der Waals surface area contributed by atoms with Crippen molar-refractivity contribution in [2.75, 3.05) is 29.3 Å². The van der Waals surface area contributed by atoms with Gasteiger partial charge in [-0.05, 0) is 23.3 Å². The molecule has 3 aromatic carbocycles. The van der Waals surface area contributed by atoms with E-state index in [9.17, 15) is 9.59 Å². The smallest absolute Gasteiger partial charge is 0.330 e. The minimum atomic E-state index is -0.396. The number of benzene rings is 3. The van der Waals surface area contributed by atoms with Gasteiger partial charge in [-0.1, -0.05) is 78.3 Å². The fraction of sp³-hybridized carbons (Fsp3) is 0.161. The number of para-hydroxylation sites is 1. The maximum Gasteiger partial charge on any atom is 0.330 e. The summed E-state index contributed by atoms with van der Waals surface area (Å²) < 4.78 is 10.9. The normalized spacial score (nSPS) is 12.5. The quantitative estimate of drug-likeness (QED) is 0.195. The highest BCUT2D eigenvalue weighted by Gasteiger charge is 2.36. The topological polar surface area (TPSA) is 96.9 Å². The molecule has 5 rings (SSSR count). The number of urea groups is 1. The molecule has 9 nitrogen and oxygen atoms in total. The number of anilines is 4. The van der Waals surface area contributed by atoms with Crippen molar-refractivity contribution in [1.29, 1.82) is 0 Å². The van der Waals surface area contributed by atoms with Gasteiger partial charge in [0.15, 0.2) is 5.78 Å². The van der Waals surface area contributed by atoms with Crippen molar-refractivity contribution in [2.24, 2.45) is 0 Å². The molecular formula is C31H27Cl2N5O4. The fourth-order valence-corrected chi connectivity index (χ4v) is 5.35. The zero-order valence-corrected chi connectivity index (χ0v) is 24.4. The Kier molecular flexibility index (Phi) is 8.61. The van der Waals surface area contributed by atoms with Gasteiger partial charge in [-0.25, -0.2) is 9.78 Å². The molecule has 2 amide bonds. The number of fused-ring (bicyclic) bond motifs is 1. The Labute approximate surface area is 253 Å². The minimum absolute atomic E-state index is 0.0971. The number of aromatic nitrogens is 2. The van der Waals surface area contributed by atoms with Crippen LogP contribution in [0, 0.1) is 0 Å². The largest absolute Gasteiger partial charge is 0.495 e. The Morgan fingerprint density at radius 2 is 1.71 bits per heavy atom. The van der Waals surface area contributed by atoms with Crippen LogP contribution in [0.25, 0.3) is 0 Å². The van der Waals surface area contributed by atoms with E-state index in [4.69, 9.17) is 37.7 Å². The summed E-state index contributed by atoms with van der Waals surface area (Å²) in [6, 6.07) is 18.1. The fourth-order valence-electron chi connectivity index (χ4n) is 4.65. The Bertz CT molecular complexity index is 1640. The van der Waals surface area contributed by atoms with Crippen LogP contribution in [0.5, 0.6) is 11.5 Å². The van der Waals surface area contributed by atoms with Crippen molar-refractivity contribution in [3.63, 3.8) is 0 Å².